The van der Waals surface area contributed by atoms with Gasteiger partial charge in [-0.2, -0.15) is 0 Å². The first-order valence-electron chi connectivity index (χ1n) is 12.2. The number of nitrogens with zero attached hydrogens (tertiary/aromatic N) is 1. The standard InChI is InChI=1S/C25H41N3O4/c1-3-5-6-10-15-26-23(29)22(11-4-2)24(30)27-25(31,21-12-8-7-9-13-21)14-16-28-17-19-32-20-18-28/h7-9,12-13,22,31H,3-6,10-11,14-20H2,1-2H3,(H,26,29)(H,27,30). The van der Waals surface area contributed by atoms with Crippen LogP contribution >= 0.6 is 0 Å². The van der Waals surface area contributed by atoms with Crippen molar-refractivity contribution in [3.05, 3.63) is 35.9 Å². The van der Waals surface area contributed by atoms with Crippen LogP contribution in [0.15, 0.2) is 30.3 Å². The third-order valence-electron chi connectivity index (χ3n) is 6.01. The van der Waals surface area contributed by atoms with Gasteiger partial charge in [-0.05, 0) is 12.8 Å². The summed E-state index contributed by atoms with van der Waals surface area (Å²) in [6, 6.07) is 9.17. The van der Waals surface area contributed by atoms with Crippen molar-refractivity contribution >= 4 is 11.8 Å². The molecule has 3 N–H and O–H groups in total. The van der Waals surface area contributed by atoms with Gasteiger partial charge in [0.25, 0.3) is 0 Å². The molecule has 0 aliphatic carbocycles. The Morgan fingerprint density at radius 1 is 1.06 bits per heavy atom. The number of hydrogen-bond acceptors (Lipinski definition) is 5. The molecule has 0 radical (unpaired) electrons. The lowest BCUT2D eigenvalue weighted by molar-refractivity contribution is -0.141. The van der Waals surface area contributed by atoms with Crippen molar-refractivity contribution in [1.82, 2.24) is 15.5 Å². The van der Waals surface area contributed by atoms with Gasteiger partial charge in [0.2, 0.25) is 11.8 Å². The minimum Gasteiger partial charge on any atom is -0.379 e. The average molecular weight is 448 g/mol. The Labute approximate surface area is 192 Å². The van der Waals surface area contributed by atoms with Crippen molar-refractivity contribution in [2.75, 3.05) is 39.4 Å². The molecule has 180 valence electrons. The van der Waals surface area contributed by atoms with E-state index in [0.29, 0.717) is 51.1 Å². The zero-order valence-corrected chi connectivity index (χ0v) is 19.8. The summed E-state index contributed by atoms with van der Waals surface area (Å²) < 4.78 is 5.40. The molecule has 2 unspecified atom stereocenters. The van der Waals surface area contributed by atoms with Crippen molar-refractivity contribution in [1.29, 1.82) is 0 Å². The van der Waals surface area contributed by atoms with Gasteiger partial charge in [0.1, 0.15) is 5.92 Å². The lowest BCUT2D eigenvalue weighted by Gasteiger charge is -2.34. The van der Waals surface area contributed by atoms with E-state index in [1.807, 2.05) is 37.3 Å². The van der Waals surface area contributed by atoms with Crippen LogP contribution in [-0.2, 0) is 20.1 Å². The number of ether oxygens (including phenoxy) is 1. The Kier molecular flexibility index (Phi) is 11.7. The van der Waals surface area contributed by atoms with Crippen LogP contribution in [0.2, 0.25) is 0 Å². The normalized spacial score (nSPS) is 17.3. The lowest BCUT2D eigenvalue weighted by atomic mass is 9.95. The first-order chi connectivity index (χ1) is 15.5. The summed E-state index contributed by atoms with van der Waals surface area (Å²) in [6.45, 7) is 8.25. The van der Waals surface area contributed by atoms with Crippen LogP contribution in [0.4, 0.5) is 0 Å². The summed E-state index contributed by atoms with van der Waals surface area (Å²) in [5.74, 6) is -1.50. The molecular weight excluding hydrogens is 406 g/mol. The maximum absolute atomic E-state index is 13.2. The molecule has 1 fully saturated rings. The molecule has 2 rings (SSSR count). The molecule has 0 saturated carbocycles. The van der Waals surface area contributed by atoms with Crippen molar-refractivity contribution in [2.45, 2.75) is 64.5 Å². The SMILES string of the molecule is CCCCCCNC(=O)C(CCC)C(=O)NC(O)(CCN1CCOCC1)c1ccccc1. The smallest absolute Gasteiger partial charge is 0.235 e. The predicted octanol–water partition coefficient (Wildman–Crippen LogP) is 2.78. The quantitative estimate of drug-likeness (QED) is 0.232. The van der Waals surface area contributed by atoms with Gasteiger partial charge in [-0.1, -0.05) is 69.9 Å². The molecule has 2 amide bonds. The number of rotatable bonds is 14. The van der Waals surface area contributed by atoms with E-state index in [-0.39, 0.29) is 5.91 Å². The zero-order chi connectivity index (χ0) is 23.2. The van der Waals surface area contributed by atoms with Gasteiger partial charge in [0.15, 0.2) is 5.72 Å². The molecule has 0 bridgehead atoms. The van der Waals surface area contributed by atoms with Crippen LogP contribution in [0.3, 0.4) is 0 Å². The second-order valence-corrected chi connectivity index (χ2v) is 8.61. The number of hydrogen-bond donors (Lipinski definition) is 3. The van der Waals surface area contributed by atoms with Crippen LogP contribution in [0, 0.1) is 5.92 Å². The molecular formula is C25H41N3O4. The number of nitrogens with one attached hydrogen (secondary N) is 2. The number of amides is 2. The van der Waals surface area contributed by atoms with Crippen LogP contribution in [-0.4, -0.2) is 61.2 Å². The number of carbonyl (C=O) groups excluding carboxylic acids is 2. The maximum atomic E-state index is 13.2. The fourth-order valence-electron chi connectivity index (χ4n) is 3.98. The molecule has 7 heteroatoms. The summed E-state index contributed by atoms with van der Waals surface area (Å²) in [6.07, 6.45) is 5.74. The van der Waals surface area contributed by atoms with Gasteiger partial charge in [-0.15, -0.1) is 0 Å². The van der Waals surface area contributed by atoms with Crippen molar-refractivity contribution in [3.63, 3.8) is 0 Å². The summed E-state index contributed by atoms with van der Waals surface area (Å²) >= 11 is 0. The van der Waals surface area contributed by atoms with E-state index in [4.69, 9.17) is 4.74 Å². The Hall–Kier alpha value is -1.96. The Bertz CT molecular complexity index is 679. The van der Waals surface area contributed by atoms with Gasteiger partial charge in [-0.3, -0.25) is 14.5 Å². The topological polar surface area (TPSA) is 90.9 Å². The number of morpholine rings is 1. The largest absolute Gasteiger partial charge is 0.379 e. The van der Waals surface area contributed by atoms with Crippen LogP contribution in [0.25, 0.3) is 0 Å². The highest BCUT2D eigenvalue weighted by molar-refractivity contribution is 6.00. The number of aliphatic hydroxyl groups is 1. The van der Waals surface area contributed by atoms with Crippen LogP contribution in [0.1, 0.15) is 64.4 Å². The zero-order valence-electron chi connectivity index (χ0n) is 19.8. The molecule has 1 heterocycles. The Balaban J connectivity index is 2.05. The molecule has 2 atom stereocenters. The molecule has 1 aromatic rings. The highest BCUT2D eigenvalue weighted by Gasteiger charge is 2.36. The van der Waals surface area contributed by atoms with Gasteiger partial charge >= 0.3 is 0 Å². The summed E-state index contributed by atoms with van der Waals surface area (Å²) in [5, 5.41) is 17.3. The van der Waals surface area contributed by atoms with E-state index in [2.05, 4.69) is 22.5 Å². The minimum atomic E-state index is -1.54. The summed E-state index contributed by atoms with van der Waals surface area (Å²) in [5.41, 5.74) is -0.916. The monoisotopic (exact) mass is 447 g/mol. The minimum absolute atomic E-state index is 0.260. The first kappa shape index (κ1) is 26.3. The fraction of sp³-hybridized carbons (Fsp3) is 0.680. The second-order valence-electron chi connectivity index (χ2n) is 8.61. The summed E-state index contributed by atoms with van der Waals surface area (Å²) in [7, 11) is 0. The van der Waals surface area contributed by atoms with E-state index >= 15 is 0 Å². The van der Waals surface area contributed by atoms with Crippen molar-refractivity contribution in [2.24, 2.45) is 5.92 Å². The molecule has 0 aromatic heterocycles. The third kappa shape index (κ3) is 8.52. The van der Waals surface area contributed by atoms with E-state index < -0.39 is 17.6 Å². The lowest BCUT2D eigenvalue weighted by Crippen LogP contribution is -2.52. The number of benzene rings is 1. The second kappa shape index (κ2) is 14.2. The van der Waals surface area contributed by atoms with Crippen LogP contribution < -0.4 is 10.6 Å². The molecule has 1 aliphatic rings. The number of carbonyl (C=O) groups is 2. The average Bonchev–Trinajstić information content (AvgIpc) is 2.82. The Morgan fingerprint density at radius 2 is 1.78 bits per heavy atom. The van der Waals surface area contributed by atoms with Crippen molar-refractivity contribution < 1.29 is 19.4 Å². The molecule has 1 aliphatic heterocycles. The third-order valence-corrected chi connectivity index (χ3v) is 6.01. The van der Waals surface area contributed by atoms with Crippen molar-refractivity contribution in [3.8, 4) is 0 Å². The van der Waals surface area contributed by atoms with E-state index in [1.165, 1.54) is 0 Å². The van der Waals surface area contributed by atoms with Gasteiger partial charge < -0.3 is 20.5 Å². The van der Waals surface area contributed by atoms with E-state index in [9.17, 15) is 14.7 Å². The molecule has 32 heavy (non-hydrogen) atoms. The maximum Gasteiger partial charge on any atom is 0.235 e. The summed E-state index contributed by atoms with van der Waals surface area (Å²) in [4.78, 5) is 28.2. The number of unbranched alkanes of at least 4 members (excludes halogenated alkanes) is 3. The fourth-order valence-corrected chi connectivity index (χ4v) is 3.98. The molecule has 0 spiro atoms. The highest BCUT2D eigenvalue weighted by Crippen LogP contribution is 2.24. The Morgan fingerprint density at radius 3 is 2.44 bits per heavy atom. The van der Waals surface area contributed by atoms with Gasteiger partial charge in [-0.25, -0.2) is 0 Å². The molecule has 1 aromatic carbocycles. The molecule has 7 nitrogen and oxygen atoms in total. The first-order valence-corrected chi connectivity index (χ1v) is 12.2. The van der Waals surface area contributed by atoms with Gasteiger partial charge in [0.05, 0.1) is 13.2 Å². The highest BCUT2D eigenvalue weighted by atomic mass is 16.5. The van der Waals surface area contributed by atoms with Crippen LogP contribution in [0.5, 0.6) is 0 Å². The molecule has 1 saturated heterocycles. The van der Waals surface area contributed by atoms with E-state index in [0.717, 1.165) is 38.8 Å². The van der Waals surface area contributed by atoms with E-state index in [1.54, 1.807) is 0 Å². The van der Waals surface area contributed by atoms with Gasteiger partial charge in [0, 0.05) is 38.2 Å². The predicted molar refractivity (Wildman–Crippen MR) is 126 cm³/mol.